The minimum Gasteiger partial charge on any atom is -0.507 e. The highest BCUT2D eigenvalue weighted by Crippen LogP contribution is 2.43. The lowest BCUT2D eigenvalue weighted by atomic mass is 9.84. The second-order valence-corrected chi connectivity index (χ2v) is 9.58. The van der Waals surface area contributed by atoms with Crippen molar-refractivity contribution in [3.05, 3.63) is 83.3 Å². The number of ether oxygens (including phenoxy) is 1. The van der Waals surface area contributed by atoms with Crippen LogP contribution in [0.2, 0.25) is 0 Å². The van der Waals surface area contributed by atoms with Gasteiger partial charge >= 0.3 is 0 Å². The number of carbonyl (C=O) groups excluding carboxylic acids is 3. The molecular formula is C28H28N2O6. The number of Topliss-reactive ketones (excluding diaryl/α,β-unsaturated/α-hetero) is 1. The number of ketones is 1. The first-order valence-electron chi connectivity index (χ1n) is 11.4. The normalized spacial score (nSPS) is 17.4. The van der Waals surface area contributed by atoms with E-state index in [1.54, 1.807) is 61.7 Å². The molecule has 4 rings (SSSR count). The van der Waals surface area contributed by atoms with E-state index in [9.17, 15) is 19.5 Å². The van der Waals surface area contributed by atoms with Crippen molar-refractivity contribution in [3.8, 4) is 5.75 Å². The van der Waals surface area contributed by atoms with E-state index >= 15 is 0 Å². The van der Waals surface area contributed by atoms with Gasteiger partial charge in [-0.3, -0.25) is 19.3 Å². The third kappa shape index (κ3) is 4.49. The number of methoxy groups -OCH3 is 1. The van der Waals surface area contributed by atoms with Crippen LogP contribution in [0.3, 0.4) is 0 Å². The van der Waals surface area contributed by atoms with Crippen molar-refractivity contribution < 1.29 is 28.6 Å². The van der Waals surface area contributed by atoms with Gasteiger partial charge in [-0.15, -0.1) is 0 Å². The third-order valence-electron chi connectivity index (χ3n) is 6.00. The van der Waals surface area contributed by atoms with Gasteiger partial charge in [0.15, 0.2) is 0 Å². The molecule has 1 fully saturated rings. The molecular weight excluding hydrogens is 460 g/mol. The molecule has 2 amide bonds. The molecule has 0 spiro atoms. The summed E-state index contributed by atoms with van der Waals surface area (Å²) in [6.07, 6.45) is 1.44. The van der Waals surface area contributed by atoms with Gasteiger partial charge < -0.3 is 19.6 Å². The van der Waals surface area contributed by atoms with Crippen molar-refractivity contribution in [1.82, 2.24) is 0 Å². The number of aliphatic hydroxyl groups is 1. The minimum atomic E-state index is -0.980. The third-order valence-corrected chi connectivity index (χ3v) is 6.00. The molecule has 1 aromatic heterocycles. The predicted octanol–water partition coefficient (Wildman–Crippen LogP) is 5.17. The summed E-state index contributed by atoms with van der Waals surface area (Å²) in [4.78, 5) is 39.2. The molecule has 0 bridgehead atoms. The smallest absolute Gasteiger partial charge is 0.300 e. The van der Waals surface area contributed by atoms with Crippen LogP contribution in [0, 0.1) is 0 Å². The summed E-state index contributed by atoms with van der Waals surface area (Å²) in [5, 5.41) is 14.1. The maximum atomic E-state index is 13.3. The Hall–Kier alpha value is -4.33. The number of rotatable bonds is 5. The van der Waals surface area contributed by atoms with Crippen molar-refractivity contribution in [3.63, 3.8) is 0 Å². The number of carbonyl (C=O) groups is 3. The molecule has 1 aliphatic heterocycles. The van der Waals surface area contributed by atoms with Crippen molar-refractivity contribution in [2.24, 2.45) is 0 Å². The van der Waals surface area contributed by atoms with Crippen LogP contribution in [0.25, 0.3) is 5.76 Å². The number of anilines is 2. The van der Waals surface area contributed by atoms with E-state index in [0.717, 1.165) is 5.56 Å². The Morgan fingerprint density at radius 3 is 2.33 bits per heavy atom. The van der Waals surface area contributed by atoms with Gasteiger partial charge in [-0.2, -0.15) is 0 Å². The molecule has 0 saturated carbocycles. The molecule has 1 atom stereocenters. The molecule has 36 heavy (non-hydrogen) atoms. The first-order valence-corrected chi connectivity index (χ1v) is 11.4. The van der Waals surface area contributed by atoms with E-state index in [4.69, 9.17) is 9.15 Å². The molecule has 1 unspecified atom stereocenters. The Morgan fingerprint density at radius 1 is 1.08 bits per heavy atom. The van der Waals surface area contributed by atoms with Crippen molar-refractivity contribution >= 4 is 34.7 Å². The molecule has 3 aromatic rings. The fraction of sp³-hybridized carbons (Fsp3) is 0.250. The lowest BCUT2D eigenvalue weighted by Crippen LogP contribution is -2.29. The van der Waals surface area contributed by atoms with E-state index in [2.05, 4.69) is 5.32 Å². The number of hydrogen-bond acceptors (Lipinski definition) is 6. The second kappa shape index (κ2) is 9.37. The summed E-state index contributed by atoms with van der Waals surface area (Å²) in [5.74, 6) is -1.18. The molecule has 2 N–H and O–H groups in total. The van der Waals surface area contributed by atoms with E-state index in [1.165, 1.54) is 18.1 Å². The Kier molecular flexibility index (Phi) is 6.45. The first kappa shape index (κ1) is 24.8. The van der Waals surface area contributed by atoms with E-state index < -0.39 is 17.7 Å². The summed E-state index contributed by atoms with van der Waals surface area (Å²) >= 11 is 0. The summed E-state index contributed by atoms with van der Waals surface area (Å²) in [6, 6.07) is 14.0. The largest absolute Gasteiger partial charge is 0.507 e. The quantitative estimate of drug-likeness (QED) is 0.291. The topological polar surface area (TPSA) is 109 Å². The average Bonchev–Trinajstić information content (AvgIpc) is 3.45. The highest BCUT2D eigenvalue weighted by molar-refractivity contribution is 6.51. The summed E-state index contributed by atoms with van der Waals surface area (Å²) in [6.45, 7) is 7.44. The molecule has 0 radical (unpaired) electrons. The zero-order valence-corrected chi connectivity index (χ0v) is 20.8. The number of hydrogen-bond donors (Lipinski definition) is 2. The number of amides is 2. The van der Waals surface area contributed by atoms with Crippen LogP contribution in [0.1, 0.15) is 50.6 Å². The lowest BCUT2D eigenvalue weighted by molar-refractivity contribution is -0.132. The first-order chi connectivity index (χ1) is 17.0. The summed E-state index contributed by atoms with van der Waals surface area (Å²) in [5.41, 5.74) is 1.81. The highest BCUT2D eigenvalue weighted by Gasteiger charge is 2.48. The lowest BCUT2D eigenvalue weighted by Gasteiger charge is -2.24. The average molecular weight is 489 g/mol. The van der Waals surface area contributed by atoms with Gasteiger partial charge in [0.05, 0.1) is 18.9 Å². The molecule has 186 valence electrons. The fourth-order valence-electron chi connectivity index (χ4n) is 4.32. The van der Waals surface area contributed by atoms with Gasteiger partial charge in [0.25, 0.3) is 11.7 Å². The van der Waals surface area contributed by atoms with Crippen LogP contribution < -0.4 is 15.0 Å². The Labute approximate surface area is 209 Å². The van der Waals surface area contributed by atoms with Crippen molar-refractivity contribution in [2.75, 3.05) is 17.3 Å². The SMILES string of the molecule is COc1ccc(/C(O)=C2/C(=O)C(=O)N(c3ccc(NC(C)=O)cc3)C2c2ccco2)cc1C(C)(C)C. The highest BCUT2D eigenvalue weighted by atomic mass is 16.5. The molecule has 2 aromatic carbocycles. The Balaban J connectivity index is 1.86. The van der Waals surface area contributed by atoms with Gasteiger partial charge in [-0.1, -0.05) is 20.8 Å². The zero-order chi connectivity index (χ0) is 26.2. The van der Waals surface area contributed by atoms with Crippen LogP contribution in [0.5, 0.6) is 5.75 Å². The molecule has 8 heteroatoms. The van der Waals surface area contributed by atoms with Crippen molar-refractivity contribution in [2.45, 2.75) is 39.2 Å². The Bertz CT molecular complexity index is 1350. The van der Waals surface area contributed by atoms with Crippen LogP contribution >= 0.6 is 0 Å². The molecule has 1 saturated heterocycles. The predicted molar refractivity (Wildman–Crippen MR) is 136 cm³/mol. The van der Waals surface area contributed by atoms with E-state index in [1.807, 2.05) is 20.8 Å². The maximum Gasteiger partial charge on any atom is 0.300 e. The fourth-order valence-corrected chi connectivity index (χ4v) is 4.32. The molecule has 0 aliphatic carbocycles. The zero-order valence-electron chi connectivity index (χ0n) is 20.8. The molecule has 8 nitrogen and oxygen atoms in total. The van der Waals surface area contributed by atoms with Crippen LogP contribution in [0.4, 0.5) is 11.4 Å². The number of furan rings is 1. The molecule has 1 aliphatic rings. The van der Waals surface area contributed by atoms with Crippen LogP contribution in [0.15, 0.2) is 70.9 Å². The van der Waals surface area contributed by atoms with Gasteiger partial charge in [-0.25, -0.2) is 0 Å². The number of nitrogens with one attached hydrogen (secondary N) is 1. The van der Waals surface area contributed by atoms with Gasteiger partial charge in [-0.05, 0) is 60.0 Å². The molecule has 2 heterocycles. The number of aliphatic hydroxyl groups excluding tert-OH is 1. The van der Waals surface area contributed by atoms with Crippen LogP contribution in [-0.2, 0) is 19.8 Å². The summed E-state index contributed by atoms with van der Waals surface area (Å²) in [7, 11) is 1.57. The second-order valence-electron chi connectivity index (χ2n) is 9.58. The van der Waals surface area contributed by atoms with E-state index in [0.29, 0.717) is 28.4 Å². The van der Waals surface area contributed by atoms with Gasteiger partial charge in [0.1, 0.15) is 23.3 Å². The standard InChI is InChI=1S/C28H28N2O6/c1-16(31)29-18-9-11-19(12-10-18)30-24(22-7-6-14-36-22)23(26(33)27(30)34)25(32)17-8-13-21(35-5)20(15-17)28(2,3)4/h6-15,24,32H,1-5H3,(H,29,31)/b25-23-. The minimum absolute atomic E-state index is 0.0779. The van der Waals surface area contributed by atoms with Crippen molar-refractivity contribution in [1.29, 1.82) is 0 Å². The summed E-state index contributed by atoms with van der Waals surface area (Å²) < 4.78 is 11.1. The van der Waals surface area contributed by atoms with Gasteiger partial charge in [0.2, 0.25) is 5.91 Å². The maximum absolute atomic E-state index is 13.3. The number of nitrogens with zero attached hydrogens (tertiary/aromatic N) is 1. The number of benzene rings is 2. The van der Waals surface area contributed by atoms with Gasteiger partial charge in [0, 0.05) is 29.4 Å². The van der Waals surface area contributed by atoms with E-state index in [-0.39, 0.29) is 22.7 Å². The Morgan fingerprint density at radius 2 is 1.78 bits per heavy atom. The monoisotopic (exact) mass is 488 g/mol. The van der Waals surface area contributed by atoms with Crippen LogP contribution in [-0.4, -0.2) is 29.8 Å².